The van der Waals surface area contributed by atoms with Gasteiger partial charge in [-0.3, -0.25) is 9.88 Å². The van der Waals surface area contributed by atoms with Gasteiger partial charge in [0.15, 0.2) is 0 Å². The molecule has 0 spiro atoms. The molecule has 3 heterocycles. The molecule has 194 valence electrons. The van der Waals surface area contributed by atoms with Crippen LogP contribution in [-0.2, 0) is 16.6 Å². The van der Waals surface area contributed by atoms with Gasteiger partial charge in [0.1, 0.15) is 6.07 Å². The second-order valence-electron chi connectivity index (χ2n) is 9.58. The van der Waals surface area contributed by atoms with Crippen LogP contribution in [0.3, 0.4) is 0 Å². The number of nitrogens with one attached hydrogen (secondary N) is 2. The van der Waals surface area contributed by atoms with E-state index in [1.165, 1.54) is 16.1 Å². The van der Waals surface area contributed by atoms with Gasteiger partial charge in [0.2, 0.25) is 10.0 Å². The maximum atomic E-state index is 11.7. The summed E-state index contributed by atoms with van der Waals surface area (Å²) < 4.78 is 25.0. The Kier molecular flexibility index (Phi) is 7.29. The van der Waals surface area contributed by atoms with E-state index in [1.807, 2.05) is 36.5 Å². The van der Waals surface area contributed by atoms with E-state index in [0.717, 1.165) is 58.6 Å². The monoisotopic (exact) mass is 526 g/mol. The van der Waals surface area contributed by atoms with E-state index in [4.69, 9.17) is 0 Å². The number of anilines is 2. The molecule has 1 aliphatic heterocycles. The fourth-order valence-electron chi connectivity index (χ4n) is 4.78. The molecule has 1 aliphatic rings. The van der Waals surface area contributed by atoms with Gasteiger partial charge in [-0.1, -0.05) is 36.4 Å². The first-order valence-electron chi connectivity index (χ1n) is 12.5. The van der Waals surface area contributed by atoms with Crippen molar-refractivity contribution >= 4 is 44.5 Å². The summed E-state index contributed by atoms with van der Waals surface area (Å²) in [5, 5.41) is 14.3. The molecule has 8 nitrogen and oxygen atoms in total. The highest BCUT2D eigenvalue weighted by Gasteiger charge is 2.23. The van der Waals surface area contributed by atoms with Crippen LogP contribution < -0.4 is 5.32 Å². The molecule has 2 aromatic carbocycles. The number of sulfonamides is 1. The smallest absolute Gasteiger partial charge is 0.211 e. The summed E-state index contributed by atoms with van der Waals surface area (Å²) in [7, 11) is -3.12. The van der Waals surface area contributed by atoms with E-state index in [-0.39, 0.29) is 0 Å². The predicted octanol–water partition coefficient (Wildman–Crippen LogP) is 4.73. The van der Waals surface area contributed by atoms with Crippen molar-refractivity contribution in [3.63, 3.8) is 0 Å². The normalized spacial score (nSPS) is 15.2. The van der Waals surface area contributed by atoms with Crippen LogP contribution in [0.4, 0.5) is 11.4 Å². The molecule has 5 rings (SSSR count). The highest BCUT2D eigenvalue weighted by atomic mass is 32.2. The van der Waals surface area contributed by atoms with E-state index in [0.29, 0.717) is 18.7 Å². The number of piperazine rings is 1. The zero-order valence-corrected chi connectivity index (χ0v) is 22.3. The van der Waals surface area contributed by atoms with Gasteiger partial charge < -0.3 is 10.3 Å². The average molecular weight is 527 g/mol. The third-order valence-electron chi connectivity index (χ3n) is 7.00. The number of nitrogens with zero attached hydrogens (tertiary/aromatic N) is 4. The average Bonchev–Trinajstić information content (AvgIpc) is 3.40. The number of pyridine rings is 1. The predicted molar refractivity (Wildman–Crippen MR) is 152 cm³/mol. The summed E-state index contributed by atoms with van der Waals surface area (Å²) in [6.45, 7) is 5.37. The third-order valence-corrected chi connectivity index (χ3v) is 8.30. The maximum absolute atomic E-state index is 11.7. The Morgan fingerprint density at radius 2 is 1.82 bits per heavy atom. The van der Waals surface area contributed by atoms with Crippen molar-refractivity contribution < 1.29 is 8.42 Å². The number of hydrogen-bond acceptors (Lipinski definition) is 6. The lowest BCUT2D eigenvalue weighted by molar-refractivity contribution is 0.182. The molecule has 0 atom stereocenters. The molecule has 0 unspecified atom stereocenters. The van der Waals surface area contributed by atoms with Crippen LogP contribution in [0.25, 0.3) is 23.1 Å². The number of fused-ring (bicyclic) bond motifs is 1. The number of aromatic nitrogens is 2. The maximum Gasteiger partial charge on any atom is 0.211 e. The summed E-state index contributed by atoms with van der Waals surface area (Å²) in [4.78, 5) is 9.77. The number of benzene rings is 2. The summed E-state index contributed by atoms with van der Waals surface area (Å²) in [6, 6.07) is 16.7. The van der Waals surface area contributed by atoms with Crippen molar-refractivity contribution in [2.45, 2.75) is 13.5 Å². The Labute approximate surface area is 223 Å². The van der Waals surface area contributed by atoms with E-state index >= 15 is 0 Å². The van der Waals surface area contributed by atoms with Gasteiger partial charge >= 0.3 is 0 Å². The van der Waals surface area contributed by atoms with Crippen molar-refractivity contribution in [3.8, 4) is 6.07 Å². The summed E-state index contributed by atoms with van der Waals surface area (Å²) in [6.07, 6.45) is 10.5. The first-order chi connectivity index (χ1) is 18.3. The first kappa shape index (κ1) is 25.7. The number of hydrogen-bond donors (Lipinski definition) is 2. The highest BCUT2D eigenvalue weighted by molar-refractivity contribution is 7.88. The summed E-state index contributed by atoms with van der Waals surface area (Å²) in [5.41, 5.74) is 7.36. The molecule has 0 saturated carbocycles. The third kappa shape index (κ3) is 5.63. The van der Waals surface area contributed by atoms with Crippen molar-refractivity contribution in [2.24, 2.45) is 0 Å². The largest absolute Gasteiger partial charge is 0.361 e. The second kappa shape index (κ2) is 10.8. The number of aryl methyl sites for hydroxylation is 1. The molecule has 38 heavy (non-hydrogen) atoms. The molecule has 0 radical (unpaired) electrons. The molecule has 0 amide bonds. The minimum absolute atomic E-state index is 0.479. The standard InChI is InChI=1S/C29H30N6O2S/c1-21-26-11-12-32-28(26)10-9-27(21)33-29-24(18-31-19-25(29)17-30)8-7-22-3-5-23(6-4-22)20-34-13-15-35(16-14-34)38(2,36)37/h3-12,18-19,32H,13-16,20H2,1-2H3,(H,31,33). The summed E-state index contributed by atoms with van der Waals surface area (Å²) >= 11 is 0. The Morgan fingerprint density at radius 1 is 1.05 bits per heavy atom. The fraction of sp³-hybridized carbons (Fsp3) is 0.241. The van der Waals surface area contributed by atoms with Gasteiger partial charge in [0.05, 0.1) is 17.5 Å². The van der Waals surface area contributed by atoms with Crippen molar-refractivity contribution in [2.75, 3.05) is 37.8 Å². The topological polar surface area (TPSA) is 105 Å². The van der Waals surface area contributed by atoms with Gasteiger partial charge in [0, 0.05) is 73.5 Å². The number of aromatic amines is 1. The number of rotatable bonds is 7. The van der Waals surface area contributed by atoms with E-state index in [9.17, 15) is 13.7 Å². The van der Waals surface area contributed by atoms with E-state index < -0.39 is 10.0 Å². The molecule has 1 saturated heterocycles. The molecule has 2 N–H and O–H groups in total. The van der Waals surface area contributed by atoms with Gasteiger partial charge in [-0.2, -0.15) is 9.57 Å². The van der Waals surface area contributed by atoms with Crippen LogP contribution >= 0.6 is 0 Å². The lowest BCUT2D eigenvalue weighted by Crippen LogP contribution is -2.47. The molecular formula is C29H30N6O2S. The number of H-pyrrole nitrogens is 1. The van der Waals surface area contributed by atoms with Crippen molar-refractivity contribution in [1.82, 2.24) is 19.2 Å². The first-order valence-corrected chi connectivity index (χ1v) is 14.3. The van der Waals surface area contributed by atoms with Gasteiger partial charge in [0.25, 0.3) is 0 Å². The Hall–Kier alpha value is -3.97. The van der Waals surface area contributed by atoms with Crippen molar-refractivity contribution in [3.05, 3.63) is 88.9 Å². The molecule has 0 bridgehead atoms. The molecule has 9 heteroatoms. The lowest BCUT2D eigenvalue weighted by Gasteiger charge is -2.33. The second-order valence-corrected chi connectivity index (χ2v) is 11.6. The summed E-state index contributed by atoms with van der Waals surface area (Å²) in [5.74, 6) is 0. The van der Waals surface area contributed by atoms with Crippen LogP contribution in [0.15, 0.2) is 61.1 Å². The minimum Gasteiger partial charge on any atom is -0.361 e. The van der Waals surface area contributed by atoms with Gasteiger partial charge in [-0.15, -0.1) is 0 Å². The van der Waals surface area contributed by atoms with Crippen LogP contribution in [0.5, 0.6) is 0 Å². The van der Waals surface area contributed by atoms with Gasteiger partial charge in [-0.05, 0) is 41.8 Å². The Balaban J connectivity index is 1.30. The highest BCUT2D eigenvalue weighted by Crippen LogP contribution is 2.31. The minimum atomic E-state index is -3.12. The molecular weight excluding hydrogens is 496 g/mol. The number of nitriles is 1. The zero-order valence-electron chi connectivity index (χ0n) is 21.5. The Morgan fingerprint density at radius 3 is 2.53 bits per heavy atom. The molecule has 0 aliphatic carbocycles. The van der Waals surface area contributed by atoms with Crippen LogP contribution in [0.2, 0.25) is 0 Å². The molecule has 1 fully saturated rings. The van der Waals surface area contributed by atoms with Crippen molar-refractivity contribution in [1.29, 1.82) is 5.26 Å². The Bertz CT molecular complexity index is 1630. The van der Waals surface area contributed by atoms with Crippen LogP contribution in [0.1, 0.15) is 27.8 Å². The molecule has 4 aromatic rings. The zero-order chi connectivity index (χ0) is 26.7. The van der Waals surface area contributed by atoms with Crippen LogP contribution in [-0.4, -0.2) is 60.0 Å². The quantitative estimate of drug-likeness (QED) is 0.361. The lowest BCUT2D eigenvalue weighted by atomic mass is 10.1. The SMILES string of the molecule is Cc1c(Nc2c(C#N)cncc2C=Cc2ccc(CN3CCN(S(C)(=O)=O)CC3)cc2)ccc2[nH]ccc12. The molecule has 2 aromatic heterocycles. The van der Waals surface area contributed by atoms with Crippen LogP contribution in [0, 0.1) is 18.3 Å². The fourth-order valence-corrected chi connectivity index (χ4v) is 5.61. The van der Waals surface area contributed by atoms with E-state index in [2.05, 4.69) is 57.4 Å². The van der Waals surface area contributed by atoms with E-state index in [1.54, 1.807) is 12.4 Å². The van der Waals surface area contributed by atoms with Gasteiger partial charge in [-0.25, -0.2) is 8.42 Å².